The molecule has 11 heteroatoms. The second-order valence-electron chi connectivity index (χ2n) is 9.18. The van der Waals surface area contributed by atoms with Crippen molar-refractivity contribution in [1.29, 1.82) is 0 Å². The molecule has 1 aliphatic rings. The van der Waals surface area contributed by atoms with Gasteiger partial charge in [-0.05, 0) is 45.2 Å². The van der Waals surface area contributed by atoms with E-state index in [-0.39, 0.29) is 23.4 Å². The lowest BCUT2D eigenvalue weighted by Gasteiger charge is -2.10. The van der Waals surface area contributed by atoms with E-state index >= 15 is 0 Å². The molecule has 5 rings (SSSR count). The lowest BCUT2D eigenvalue weighted by atomic mass is 10.1. The molecule has 0 unspecified atom stereocenters. The molecule has 0 aromatic carbocycles. The minimum Gasteiger partial charge on any atom is -0.437 e. The zero-order chi connectivity index (χ0) is 25.1. The molecule has 0 radical (unpaired) electrons. The van der Waals surface area contributed by atoms with Gasteiger partial charge in [-0.1, -0.05) is 0 Å². The Balaban J connectivity index is 1.69. The summed E-state index contributed by atoms with van der Waals surface area (Å²) in [7, 11) is -1.03. The van der Waals surface area contributed by atoms with Crippen LogP contribution in [0.2, 0.25) is 0 Å². The molecule has 1 aliphatic carbocycles. The normalized spacial score (nSPS) is 13.9. The van der Waals surface area contributed by atoms with E-state index in [4.69, 9.17) is 4.74 Å². The van der Waals surface area contributed by atoms with Gasteiger partial charge in [0.05, 0.1) is 15.7 Å². The van der Waals surface area contributed by atoms with Gasteiger partial charge < -0.3 is 24.2 Å². The second kappa shape index (κ2) is 8.46. The number of ether oxygens (including phenoxy) is 1. The number of hydrogen-bond donors (Lipinski definition) is 2. The van der Waals surface area contributed by atoms with Crippen LogP contribution in [0.3, 0.4) is 0 Å². The van der Waals surface area contributed by atoms with Crippen molar-refractivity contribution < 1.29 is 18.5 Å². The number of carbonyl (C=O) groups is 1. The highest BCUT2D eigenvalue weighted by molar-refractivity contribution is 7.75. The minimum atomic E-state index is -2.65. The third-order valence-corrected chi connectivity index (χ3v) is 9.52. The van der Waals surface area contributed by atoms with Gasteiger partial charge in [0.1, 0.15) is 29.9 Å². The summed E-state index contributed by atoms with van der Waals surface area (Å²) in [5, 5.41) is 3.48. The van der Waals surface area contributed by atoms with Crippen molar-refractivity contribution in [3.05, 3.63) is 58.0 Å². The van der Waals surface area contributed by atoms with E-state index in [9.17, 15) is 18.5 Å². The van der Waals surface area contributed by atoms with Gasteiger partial charge in [0, 0.05) is 41.9 Å². The molecule has 0 saturated heterocycles. The SMILES string of the molecule is Cc1cc(F)cnc1Oc1cc(P(C)(C)=O)sc1-c1cn(C)c(=O)c2[nH]c(C(=O)NC3CC3)cc12. The van der Waals surface area contributed by atoms with Gasteiger partial charge >= 0.3 is 0 Å². The number of hydrogen-bond acceptors (Lipinski definition) is 6. The topological polar surface area (TPSA) is 106 Å². The predicted molar refractivity (Wildman–Crippen MR) is 135 cm³/mol. The molecule has 8 nitrogen and oxygen atoms in total. The Bertz CT molecular complexity index is 1600. The molecule has 1 amide bonds. The van der Waals surface area contributed by atoms with Crippen LogP contribution in [-0.4, -0.2) is 39.8 Å². The standard InChI is InChI=1S/C24H24FN4O4PS/c1-12-7-13(25)10-26-23(12)33-18-9-19(34(3,4)32)35-21(18)16-11-29(2)24(31)20-15(16)8-17(28-20)22(30)27-14-5-6-14/h7-11,14,28H,5-6H2,1-4H3,(H,27,30). The quantitative estimate of drug-likeness (QED) is 0.372. The Labute approximate surface area is 204 Å². The van der Waals surface area contributed by atoms with Crippen LogP contribution >= 0.6 is 18.5 Å². The van der Waals surface area contributed by atoms with E-state index in [1.807, 2.05) is 0 Å². The summed E-state index contributed by atoms with van der Waals surface area (Å²) in [5.41, 5.74) is 1.46. The number of H-pyrrole nitrogens is 1. The summed E-state index contributed by atoms with van der Waals surface area (Å²) in [5.74, 6) is -0.130. The summed E-state index contributed by atoms with van der Waals surface area (Å²) >= 11 is 1.30. The van der Waals surface area contributed by atoms with E-state index in [0.717, 1.165) is 19.0 Å². The predicted octanol–water partition coefficient (Wildman–Crippen LogP) is 4.37. The van der Waals surface area contributed by atoms with E-state index < -0.39 is 13.0 Å². The number of aryl methyl sites for hydroxylation is 2. The molecule has 4 heterocycles. The number of pyridine rings is 2. The van der Waals surface area contributed by atoms with Gasteiger partial charge in [0.2, 0.25) is 5.88 Å². The van der Waals surface area contributed by atoms with Gasteiger partial charge in [-0.25, -0.2) is 9.37 Å². The number of aromatic amines is 1. The summed E-state index contributed by atoms with van der Waals surface area (Å²) in [6.07, 6.45) is 4.64. The van der Waals surface area contributed by atoms with Gasteiger partial charge in [-0.3, -0.25) is 9.59 Å². The van der Waals surface area contributed by atoms with Gasteiger partial charge in [0.15, 0.2) is 0 Å². The largest absolute Gasteiger partial charge is 0.437 e. The van der Waals surface area contributed by atoms with Crippen molar-refractivity contribution in [2.45, 2.75) is 25.8 Å². The van der Waals surface area contributed by atoms with Crippen LogP contribution in [0.1, 0.15) is 28.9 Å². The fourth-order valence-electron chi connectivity index (χ4n) is 3.76. The Hall–Kier alpha value is -3.23. The Morgan fingerprint density at radius 1 is 1.31 bits per heavy atom. The zero-order valence-corrected chi connectivity index (χ0v) is 21.4. The first kappa shape index (κ1) is 23.5. The first-order valence-electron chi connectivity index (χ1n) is 11.0. The van der Waals surface area contributed by atoms with Crippen molar-refractivity contribution in [2.24, 2.45) is 7.05 Å². The zero-order valence-electron chi connectivity index (χ0n) is 19.6. The molecule has 4 aromatic rings. The van der Waals surface area contributed by atoms with Crippen molar-refractivity contribution in [1.82, 2.24) is 19.9 Å². The van der Waals surface area contributed by atoms with Crippen LogP contribution in [-0.2, 0) is 11.6 Å². The molecule has 0 bridgehead atoms. The number of nitrogens with zero attached hydrogens (tertiary/aromatic N) is 2. The van der Waals surface area contributed by atoms with Crippen molar-refractivity contribution in [3.8, 4) is 22.1 Å². The third kappa shape index (κ3) is 4.56. The molecule has 0 atom stereocenters. The summed E-state index contributed by atoms with van der Waals surface area (Å²) in [6, 6.07) is 4.86. The van der Waals surface area contributed by atoms with E-state index in [2.05, 4.69) is 15.3 Å². The van der Waals surface area contributed by atoms with E-state index in [1.54, 1.807) is 45.6 Å². The van der Waals surface area contributed by atoms with E-state index in [0.29, 0.717) is 43.0 Å². The highest BCUT2D eigenvalue weighted by Gasteiger charge is 2.27. The number of amides is 1. The fraction of sp³-hybridized carbons (Fsp3) is 0.292. The number of carbonyl (C=O) groups excluding carboxylic acids is 1. The molecular formula is C24H24FN4O4PS. The summed E-state index contributed by atoms with van der Waals surface area (Å²) in [6.45, 7) is 5.02. The van der Waals surface area contributed by atoms with Gasteiger partial charge in [-0.15, -0.1) is 11.3 Å². The number of thiophene rings is 1. The van der Waals surface area contributed by atoms with Crippen LogP contribution in [0.25, 0.3) is 21.3 Å². The van der Waals surface area contributed by atoms with Crippen molar-refractivity contribution in [2.75, 3.05) is 13.3 Å². The smallest absolute Gasteiger partial charge is 0.274 e. The molecule has 35 heavy (non-hydrogen) atoms. The average molecular weight is 515 g/mol. The van der Waals surface area contributed by atoms with Gasteiger partial charge in [0.25, 0.3) is 11.5 Å². The molecule has 182 valence electrons. The average Bonchev–Trinajstić information content (AvgIpc) is 3.31. The maximum atomic E-state index is 13.6. The van der Waals surface area contributed by atoms with E-state index in [1.165, 1.54) is 22.0 Å². The Kier molecular flexibility index (Phi) is 5.68. The lowest BCUT2D eigenvalue weighted by Crippen LogP contribution is -2.25. The highest BCUT2D eigenvalue weighted by Crippen LogP contribution is 2.47. The number of halogens is 1. The van der Waals surface area contributed by atoms with Crippen LogP contribution in [0.15, 0.2) is 35.4 Å². The molecule has 1 fully saturated rings. The van der Waals surface area contributed by atoms with Crippen molar-refractivity contribution >= 4 is 39.9 Å². The molecular weight excluding hydrogens is 490 g/mol. The fourth-order valence-corrected chi connectivity index (χ4v) is 6.19. The summed E-state index contributed by atoms with van der Waals surface area (Å²) < 4.78 is 34.7. The second-order valence-corrected chi connectivity index (χ2v) is 13.7. The highest BCUT2D eigenvalue weighted by atomic mass is 32.1. The van der Waals surface area contributed by atoms with Crippen LogP contribution in [0, 0.1) is 12.7 Å². The Morgan fingerprint density at radius 3 is 2.71 bits per heavy atom. The molecule has 2 N–H and O–H groups in total. The monoisotopic (exact) mass is 514 g/mol. The number of rotatable bonds is 6. The number of aromatic nitrogens is 3. The number of nitrogens with one attached hydrogen (secondary N) is 2. The maximum Gasteiger partial charge on any atom is 0.274 e. The first-order valence-corrected chi connectivity index (χ1v) is 14.5. The molecule has 0 spiro atoms. The third-order valence-electron chi connectivity index (χ3n) is 5.79. The summed E-state index contributed by atoms with van der Waals surface area (Å²) in [4.78, 5) is 33.2. The first-order chi connectivity index (χ1) is 16.5. The minimum absolute atomic E-state index is 0.172. The van der Waals surface area contributed by atoms with Crippen LogP contribution in [0.5, 0.6) is 11.6 Å². The number of fused-ring (bicyclic) bond motifs is 1. The Morgan fingerprint density at radius 2 is 2.06 bits per heavy atom. The maximum absolute atomic E-state index is 13.6. The molecule has 1 saturated carbocycles. The lowest BCUT2D eigenvalue weighted by molar-refractivity contribution is 0.0947. The molecule has 0 aliphatic heterocycles. The van der Waals surface area contributed by atoms with Crippen LogP contribution in [0.4, 0.5) is 4.39 Å². The van der Waals surface area contributed by atoms with Crippen LogP contribution < -0.4 is 20.2 Å². The molecule has 4 aromatic heterocycles. The van der Waals surface area contributed by atoms with Crippen molar-refractivity contribution in [3.63, 3.8) is 0 Å². The van der Waals surface area contributed by atoms with Gasteiger partial charge in [-0.2, -0.15) is 0 Å².